The van der Waals surface area contributed by atoms with Crippen LogP contribution < -0.4 is 16.4 Å². The molecule has 0 aliphatic carbocycles. The van der Waals surface area contributed by atoms with Crippen molar-refractivity contribution in [3.05, 3.63) is 0 Å². The van der Waals surface area contributed by atoms with Gasteiger partial charge in [0.25, 0.3) is 0 Å². The molecule has 0 saturated heterocycles. The number of nitrogens with zero attached hydrogens (tertiary/aromatic N) is 3. The molecule has 0 aromatic heterocycles. The number of hydrogen-bond donors (Lipinski definition) is 5. The Bertz CT molecular complexity index is 1020. The number of carbonyl (C=O) groups excluding carboxylic acids is 3. The number of rotatable bonds is 35. The summed E-state index contributed by atoms with van der Waals surface area (Å²) in [4.78, 5) is 59.1. The fraction of sp³-hybridized carbons (Fsp3) is 0.833. The number of carbonyl (C=O) groups is 5. The lowest BCUT2D eigenvalue weighted by molar-refractivity contribution is -0.144. The molecule has 2 atom stereocenters. The van der Waals surface area contributed by atoms with Gasteiger partial charge in [0, 0.05) is 32.5 Å². The maximum Gasteiger partial charge on any atom is 0.310 e. The highest BCUT2D eigenvalue weighted by Crippen LogP contribution is 2.17. The first-order valence-electron chi connectivity index (χ1n) is 18.8. The van der Waals surface area contributed by atoms with Crippen molar-refractivity contribution in [3.8, 4) is 0 Å². The Morgan fingerprint density at radius 1 is 0.714 bits per heavy atom. The molecule has 0 aromatic rings. The summed E-state index contributed by atoms with van der Waals surface area (Å²) in [5, 5.41) is 35.4. The van der Waals surface area contributed by atoms with Crippen LogP contribution in [0.15, 0.2) is 15.4 Å². The summed E-state index contributed by atoms with van der Waals surface area (Å²) in [5.74, 6) is -3.90. The molecular weight excluding hydrogens is 628 g/mol. The van der Waals surface area contributed by atoms with Crippen molar-refractivity contribution in [1.29, 1.82) is 0 Å². The SMILES string of the molecule is NCN[C@@H](CCCCNC(=O)CCC(CC(=O)CCCCCCCCCCCCCCCCCCC1=NN=NC1)C(=O)O)C(=O)CC(=O)O. The summed E-state index contributed by atoms with van der Waals surface area (Å²) < 4.78 is 0. The van der Waals surface area contributed by atoms with Gasteiger partial charge in [0.2, 0.25) is 5.91 Å². The monoisotopic (exact) mass is 692 g/mol. The molecule has 0 bridgehead atoms. The Balaban J connectivity index is 1.96. The van der Waals surface area contributed by atoms with Gasteiger partial charge in [0.05, 0.1) is 17.7 Å². The third-order valence-corrected chi connectivity index (χ3v) is 9.04. The van der Waals surface area contributed by atoms with Gasteiger partial charge in [0.1, 0.15) is 18.7 Å². The summed E-state index contributed by atoms with van der Waals surface area (Å²) in [6.45, 7) is 1.10. The van der Waals surface area contributed by atoms with Crippen molar-refractivity contribution in [1.82, 2.24) is 10.6 Å². The van der Waals surface area contributed by atoms with Crippen molar-refractivity contribution in [2.24, 2.45) is 27.1 Å². The van der Waals surface area contributed by atoms with Crippen molar-refractivity contribution in [2.45, 2.75) is 167 Å². The Labute approximate surface area is 293 Å². The van der Waals surface area contributed by atoms with Gasteiger partial charge in [-0.25, -0.2) is 0 Å². The lowest BCUT2D eigenvalue weighted by Crippen LogP contribution is -2.40. The molecule has 0 aromatic carbocycles. The number of nitrogens with one attached hydrogen (secondary N) is 2. The van der Waals surface area contributed by atoms with Gasteiger partial charge in [-0.2, -0.15) is 5.11 Å². The highest BCUT2D eigenvalue weighted by molar-refractivity contribution is 5.97. The largest absolute Gasteiger partial charge is 0.481 e. The molecular formula is C36H64N6O7. The Morgan fingerprint density at radius 3 is 1.80 bits per heavy atom. The topological polar surface area (TPSA) is 213 Å². The maximum atomic E-state index is 12.4. The van der Waals surface area contributed by atoms with E-state index in [0.29, 0.717) is 38.8 Å². The van der Waals surface area contributed by atoms with Crippen LogP contribution in [0.3, 0.4) is 0 Å². The molecule has 1 heterocycles. The molecule has 0 spiro atoms. The van der Waals surface area contributed by atoms with Gasteiger partial charge in [-0.3, -0.25) is 29.3 Å². The van der Waals surface area contributed by atoms with E-state index in [9.17, 15) is 29.1 Å². The first kappa shape index (κ1) is 44.0. The fourth-order valence-electron chi connectivity index (χ4n) is 6.07. The van der Waals surface area contributed by atoms with Crippen LogP contribution in [0.4, 0.5) is 0 Å². The fourth-order valence-corrected chi connectivity index (χ4v) is 6.07. The summed E-state index contributed by atoms with van der Waals surface area (Å²) >= 11 is 0. The molecule has 6 N–H and O–H groups in total. The number of amides is 1. The second kappa shape index (κ2) is 29.8. The summed E-state index contributed by atoms with van der Waals surface area (Å²) in [7, 11) is 0. The Kier molecular flexibility index (Phi) is 26.8. The van der Waals surface area contributed by atoms with E-state index in [1.54, 1.807) is 0 Å². The van der Waals surface area contributed by atoms with Gasteiger partial charge in [0.15, 0.2) is 5.78 Å². The van der Waals surface area contributed by atoms with E-state index in [1.165, 1.54) is 83.5 Å². The van der Waals surface area contributed by atoms with E-state index in [0.717, 1.165) is 31.4 Å². The van der Waals surface area contributed by atoms with E-state index >= 15 is 0 Å². The molecule has 0 saturated carbocycles. The van der Waals surface area contributed by atoms with Gasteiger partial charge < -0.3 is 21.3 Å². The minimum Gasteiger partial charge on any atom is -0.481 e. The van der Waals surface area contributed by atoms with Gasteiger partial charge in [-0.15, -0.1) is 5.10 Å². The summed E-state index contributed by atoms with van der Waals surface area (Å²) in [6, 6.07) is -0.644. The first-order chi connectivity index (χ1) is 23.7. The van der Waals surface area contributed by atoms with E-state index in [-0.39, 0.29) is 37.6 Å². The number of hydrogen-bond acceptors (Lipinski definition) is 10. The van der Waals surface area contributed by atoms with Crippen LogP contribution in [-0.2, 0) is 24.0 Å². The average Bonchev–Trinajstić information content (AvgIpc) is 3.58. The predicted molar refractivity (Wildman–Crippen MR) is 190 cm³/mol. The molecule has 0 radical (unpaired) electrons. The van der Waals surface area contributed by atoms with Crippen LogP contribution >= 0.6 is 0 Å². The zero-order valence-corrected chi connectivity index (χ0v) is 29.8. The Morgan fingerprint density at radius 2 is 1.29 bits per heavy atom. The molecule has 1 aliphatic rings. The number of ketones is 2. The van der Waals surface area contributed by atoms with Gasteiger partial charge >= 0.3 is 11.9 Å². The first-order valence-corrected chi connectivity index (χ1v) is 18.8. The number of nitrogens with two attached hydrogens (primary N) is 1. The second-order valence-electron chi connectivity index (χ2n) is 13.4. The van der Waals surface area contributed by atoms with Crippen LogP contribution in [-0.4, -0.2) is 71.1 Å². The van der Waals surface area contributed by atoms with E-state index in [4.69, 9.17) is 10.8 Å². The quantitative estimate of drug-likeness (QED) is 0.0279. The van der Waals surface area contributed by atoms with Crippen LogP contribution in [0.1, 0.15) is 161 Å². The van der Waals surface area contributed by atoms with E-state index < -0.39 is 36.1 Å². The van der Waals surface area contributed by atoms with Crippen LogP contribution in [0.2, 0.25) is 0 Å². The smallest absolute Gasteiger partial charge is 0.310 e. The molecule has 1 amide bonds. The van der Waals surface area contributed by atoms with Crippen molar-refractivity contribution in [3.63, 3.8) is 0 Å². The third kappa shape index (κ3) is 25.6. The molecule has 0 fully saturated rings. The van der Waals surface area contributed by atoms with Gasteiger partial charge in [-0.1, -0.05) is 89.9 Å². The number of carboxylic acid groups (broad SMARTS) is 2. The van der Waals surface area contributed by atoms with E-state index in [2.05, 4.69) is 26.1 Å². The Hall–Kier alpha value is -3.06. The molecule has 1 aliphatic heterocycles. The lowest BCUT2D eigenvalue weighted by Gasteiger charge is -2.15. The van der Waals surface area contributed by atoms with E-state index in [1.807, 2.05) is 0 Å². The maximum absolute atomic E-state index is 12.4. The number of aliphatic carboxylic acids is 2. The number of Topliss-reactive ketones (excluding diaryl/α,β-unsaturated/α-hetero) is 2. The summed E-state index contributed by atoms with van der Waals surface area (Å²) in [6.07, 6.45) is 22.1. The number of carboxylic acids is 2. The molecule has 280 valence electrons. The molecule has 13 nitrogen and oxygen atoms in total. The van der Waals surface area contributed by atoms with Crippen molar-refractivity contribution >= 4 is 35.1 Å². The zero-order chi connectivity index (χ0) is 36.0. The minimum absolute atomic E-state index is 0.0194. The molecule has 1 rings (SSSR count). The standard InChI is InChI=1S/C36H64N6O7/c37-28-39-32(33(44)26-35(46)47)21-17-18-24-38-34(45)23-22-29(36(48)49)25-31(43)20-16-14-12-10-8-6-4-2-1-3-5-7-9-11-13-15-19-30-27-40-42-41-30/h29,32,39H,1-28,37H2,(H,38,45)(H,46,47)(H,48,49)/t29?,32-/m0/s1. The van der Waals surface area contributed by atoms with Crippen LogP contribution in [0.25, 0.3) is 0 Å². The van der Waals surface area contributed by atoms with Crippen LogP contribution in [0.5, 0.6) is 0 Å². The number of unbranched alkanes of at least 4 members (excludes halogenated alkanes) is 16. The third-order valence-electron chi connectivity index (χ3n) is 9.04. The van der Waals surface area contributed by atoms with Crippen molar-refractivity contribution < 1.29 is 34.2 Å². The summed E-state index contributed by atoms with van der Waals surface area (Å²) in [5.41, 5.74) is 6.56. The van der Waals surface area contributed by atoms with Crippen molar-refractivity contribution in [2.75, 3.05) is 19.8 Å². The van der Waals surface area contributed by atoms with Gasteiger partial charge in [-0.05, 0) is 50.2 Å². The zero-order valence-electron chi connectivity index (χ0n) is 29.8. The van der Waals surface area contributed by atoms with Crippen LogP contribution in [0, 0.1) is 5.92 Å². The highest BCUT2D eigenvalue weighted by atomic mass is 16.4. The minimum atomic E-state index is -1.19. The second-order valence-corrected chi connectivity index (χ2v) is 13.4. The average molecular weight is 693 g/mol. The highest BCUT2D eigenvalue weighted by Gasteiger charge is 2.22. The normalized spacial score (nSPS) is 13.6. The lowest BCUT2D eigenvalue weighted by atomic mass is 9.94. The molecule has 49 heavy (non-hydrogen) atoms. The molecule has 13 heteroatoms. The predicted octanol–water partition coefficient (Wildman–Crippen LogP) is 6.47. The molecule has 1 unspecified atom stereocenters.